The third-order valence-corrected chi connectivity index (χ3v) is 10.8. The van der Waals surface area contributed by atoms with Crippen LogP contribution in [0.1, 0.15) is 251 Å². The molecule has 0 aromatic rings. The molecule has 0 rings (SSSR count). The summed E-state index contributed by atoms with van der Waals surface area (Å²) in [5.74, 6) is -0.0796. The zero-order valence-electron chi connectivity index (χ0n) is 35.5. The Kier molecular flexibility index (Phi) is 42.2. The van der Waals surface area contributed by atoms with E-state index < -0.39 is 12.1 Å². The summed E-state index contributed by atoms with van der Waals surface area (Å²) in [5.41, 5.74) is 0. The first kappa shape index (κ1) is 51.6. The molecule has 2 atom stereocenters. The Morgan fingerprint density at radius 1 is 0.509 bits per heavy atom. The lowest BCUT2D eigenvalue weighted by atomic mass is 10.0. The van der Waals surface area contributed by atoms with Crippen LogP contribution < -0.4 is 5.32 Å². The maximum absolute atomic E-state index is 12.3. The molecule has 0 aliphatic heterocycles. The number of aliphatic hydroxyl groups is 2. The molecule has 0 heterocycles. The Hall–Kier alpha value is -1.40. The molecule has 0 saturated carbocycles. The van der Waals surface area contributed by atoms with E-state index >= 15 is 0 Å². The number of rotatable bonds is 43. The molecule has 0 saturated heterocycles. The Balaban J connectivity index is 3.43. The molecule has 0 aromatic heterocycles. The second-order valence-corrected chi connectivity index (χ2v) is 16.1. The van der Waals surface area contributed by atoms with E-state index in [9.17, 15) is 19.8 Å². The molecule has 3 N–H and O–H groups in total. The Labute approximate surface area is 329 Å². The fraction of sp³-hybridized carbons (Fsp3) is 0.915. The fourth-order valence-electron chi connectivity index (χ4n) is 7.16. The third-order valence-electron chi connectivity index (χ3n) is 10.8. The average molecular weight is 750 g/mol. The van der Waals surface area contributed by atoms with Crippen molar-refractivity contribution >= 4 is 11.9 Å². The van der Waals surface area contributed by atoms with E-state index in [1.54, 1.807) is 6.08 Å². The predicted octanol–water partition coefficient (Wildman–Crippen LogP) is 13.4. The maximum atomic E-state index is 12.3. The van der Waals surface area contributed by atoms with Gasteiger partial charge in [0.1, 0.15) is 0 Å². The van der Waals surface area contributed by atoms with Gasteiger partial charge in [0.25, 0.3) is 0 Å². The van der Waals surface area contributed by atoms with E-state index in [-0.39, 0.29) is 18.5 Å². The van der Waals surface area contributed by atoms with Gasteiger partial charge >= 0.3 is 5.97 Å². The number of esters is 1. The molecule has 6 heteroatoms. The van der Waals surface area contributed by atoms with E-state index in [2.05, 4.69) is 19.2 Å². The molecule has 0 aliphatic carbocycles. The number of allylic oxidation sites excluding steroid dienone is 1. The molecule has 0 spiro atoms. The van der Waals surface area contributed by atoms with Crippen molar-refractivity contribution in [1.29, 1.82) is 0 Å². The van der Waals surface area contributed by atoms with Crippen LogP contribution in [0.3, 0.4) is 0 Å². The highest BCUT2D eigenvalue weighted by molar-refractivity contribution is 5.76. The van der Waals surface area contributed by atoms with Crippen molar-refractivity contribution in [2.24, 2.45) is 0 Å². The van der Waals surface area contributed by atoms with Gasteiger partial charge in [0.05, 0.1) is 25.4 Å². The molecule has 314 valence electrons. The highest BCUT2D eigenvalue weighted by Gasteiger charge is 2.18. The van der Waals surface area contributed by atoms with Crippen LogP contribution in [0.15, 0.2) is 12.2 Å². The molecule has 0 radical (unpaired) electrons. The third kappa shape index (κ3) is 40.1. The van der Waals surface area contributed by atoms with Crippen LogP contribution in [0, 0.1) is 0 Å². The highest BCUT2D eigenvalue weighted by Crippen LogP contribution is 2.16. The zero-order chi connectivity index (χ0) is 38.7. The monoisotopic (exact) mass is 750 g/mol. The summed E-state index contributed by atoms with van der Waals surface area (Å²) in [7, 11) is 0. The van der Waals surface area contributed by atoms with Crippen LogP contribution in [0.25, 0.3) is 0 Å². The number of unbranched alkanes of at least 4 members (excludes halogenated alkanes) is 32. The van der Waals surface area contributed by atoms with E-state index in [1.807, 2.05) is 6.08 Å². The minimum absolute atomic E-state index is 0.000441. The van der Waals surface area contributed by atoms with E-state index in [0.29, 0.717) is 19.4 Å². The number of amides is 1. The first-order chi connectivity index (χ1) is 26.0. The first-order valence-electron chi connectivity index (χ1n) is 23.5. The predicted molar refractivity (Wildman–Crippen MR) is 227 cm³/mol. The van der Waals surface area contributed by atoms with Gasteiger partial charge in [-0.3, -0.25) is 9.59 Å². The number of hydrogen-bond acceptors (Lipinski definition) is 5. The quantitative estimate of drug-likeness (QED) is 0.0328. The average Bonchev–Trinajstić information content (AvgIpc) is 3.16. The topological polar surface area (TPSA) is 95.9 Å². The number of hydrogen-bond donors (Lipinski definition) is 3. The fourth-order valence-corrected chi connectivity index (χ4v) is 7.16. The van der Waals surface area contributed by atoms with Crippen molar-refractivity contribution in [2.45, 2.75) is 264 Å². The molecule has 0 aromatic carbocycles. The van der Waals surface area contributed by atoms with Gasteiger partial charge in [0, 0.05) is 12.8 Å². The number of aliphatic hydroxyl groups excluding tert-OH is 2. The van der Waals surface area contributed by atoms with E-state index in [1.165, 1.54) is 180 Å². The lowest BCUT2D eigenvalue weighted by molar-refractivity contribution is -0.143. The van der Waals surface area contributed by atoms with Crippen LogP contribution in [-0.4, -0.2) is 47.4 Å². The van der Waals surface area contributed by atoms with Gasteiger partial charge in [0.15, 0.2) is 0 Å². The maximum Gasteiger partial charge on any atom is 0.305 e. The van der Waals surface area contributed by atoms with E-state index in [4.69, 9.17) is 4.74 Å². The lowest BCUT2D eigenvalue weighted by Gasteiger charge is -2.20. The van der Waals surface area contributed by atoms with Gasteiger partial charge in [-0.2, -0.15) is 0 Å². The second-order valence-electron chi connectivity index (χ2n) is 16.1. The molecule has 0 fully saturated rings. The number of ether oxygens (including phenoxy) is 1. The van der Waals surface area contributed by atoms with Gasteiger partial charge in [-0.15, -0.1) is 0 Å². The largest absolute Gasteiger partial charge is 0.466 e. The van der Waals surface area contributed by atoms with Crippen molar-refractivity contribution in [3.63, 3.8) is 0 Å². The van der Waals surface area contributed by atoms with Crippen molar-refractivity contribution in [3.8, 4) is 0 Å². The summed E-state index contributed by atoms with van der Waals surface area (Å²) in [5, 5.41) is 22.9. The minimum atomic E-state index is -0.846. The number of carbonyl (C=O) groups is 2. The van der Waals surface area contributed by atoms with Crippen molar-refractivity contribution in [3.05, 3.63) is 12.2 Å². The number of nitrogens with one attached hydrogen (secondary N) is 1. The smallest absolute Gasteiger partial charge is 0.305 e. The first-order valence-corrected chi connectivity index (χ1v) is 23.5. The van der Waals surface area contributed by atoms with Gasteiger partial charge in [0.2, 0.25) is 5.91 Å². The zero-order valence-corrected chi connectivity index (χ0v) is 35.5. The van der Waals surface area contributed by atoms with Gasteiger partial charge in [-0.05, 0) is 32.1 Å². The molecule has 2 unspecified atom stereocenters. The number of carbonyl (C=O) groups excluding carboxylic acids is 2. The highest BCUT2D eigenvalue weighted by atomic mass is 16.5. The van der Waals surface area contributed by atoms with Crippen LogP contribution in [0.4, 0.5) is 0 Å². The summed E-state index contributed by atoms with van der Waals surface area (Å²) < 4.78 is 5.45. The summed E-state index contributed by atoms with van der Waals surface area (Å²) in [4.78, 5) is 24.3. The van der Waals surface area contributed by atoms with E-state index in [0.717, 1.165) is 44.9 Å². The summed E-state index contributed by atoms with van der Waals surface area (Å²) in [6.45, 7) is 4.85. The molecular formula is C47H91NO5. The van der Waals surface area contributed by atoms with Gasteiger partial charge in [-0.25, -0.2) is 0 Å². The van der Waals surface area contributed by atoms with Crippen LogP contribution in [-0.2, 0) is 14.3 Å². The van der Waals surface area contributed by atoms with Crippen LogP contribution in [0.2, 0.25) is 0 Å². The molecule has 6 nitrogen and oxygen atoms in total. The Morgan fingerprint density at radius 3 is 1.28 bits per heavy atom. The molecule has 53 heavy (non-hydrogen) atoms. The molecule has 0 bridgehead atoms. The summed E-state index contributed by atoms with van der Waals surface area (Å²) >= 11 is 0. The van der Waals surface area contributed by atoms with Gasteiger partial charge in [-0.1, -0.05) is 219 Å². The summed E-state index contributed by atoms with van der Waals surface area (Å²) in [6, 6.07) is -0.630. The molecule has 1 amide bonds. The Morgan fingerprint density at radius 2 is 0.868 bits per heavy atom. The van der Waals surface area contributed by atoms with Gasteiger partial charge < -0.3 is 20.3 Å². The van der Waals surface area contributed by atoms with Crippen molar-refractivity contribution in [2.75, 3.05) is 13.2 Å². The van der Waals surface area contributed by atoms with Crippen molar-refractivity contribution < 1.29 is 24.5 Å². The SMILES string of the molecule is CCCCCCCCC/C=C/C(O)C(CO)NC(=O)CCCCCCCCCCCCCCCCCOC(=O)CCCCCCCCCCCCCC. The van der Waals surface area contributed by atoms with Crippen LogP contribution in [0.5, 0.6) is 0 Å². The molecular weight excluding hydrogens is 659 g/mol. The lowest BCUT2D eigenvalue weighted by Crippen LogP contribution is -2.45. The Bertz CT molecular complexity index is 787. The molecule has 0 aliphatic rings. The minimum Gasteiger partial charge on any atom is -0.466 e. The second kappa shape index (κ2) is 43.3. The summed E-state index contributed by atoms with van der Waals surface area (Å²) in [6.07, 6.45) is 47.7. The standard InChI is InChI=1S/C47H91NO5/c1-3-5-7-9-11-13-14-21-25-29-33-37-41-47(52)53-42-38-34-30-26-22-19-17-15-16-18-20-24-28-32-36-40-46(51)48-44(43-49)45(50)39-35-31-27-23-12-10-8-6-4-2/h35,39,44-45,49-50H,3-34,36-38,40-43H2,1-2H3,(H,48,51)/b39-35+. The van der Waals surface area contributed by atoms with Crippen LogP contribution >= 0.6 is 0 Å². The normalized spacial score (nSPS) is 12.8. The van der Waals surface area contributed by atoms with Crippen molar-refractivity contribution in [1.82, 2.24) is 5.32 Å².